The predicted molar refractivity (Wildman–Crippen MR) is 88.2 cm³/mol. The quantitative estimate of drug-likeness (QED) is 0.857. The van der Waals surface area contributed by atoms with Crippen LogP contribution in [0.2, 0.25) is 0 Å². The van der Waals surface area contributed by atoms with Crippen molar-refractivity contribution in [3.63, 3.8) is 0 Å². The minimum atomic E-state index is -0.0538. The van der Waals surface area contributed by atoms with Gasteiger partial charge in [-0.3, -0.25) is 5.10 Å². The van der Waals surface area contributed by atoms with Gasteiger partial charge in [-0.2, -0.15) is 5.10 Å². The van der Waals surface area contributed by atoms with Gasteiger partial charge < -0.3 is 10.2 Å². The molecule has 2 aromatic heterocycles. The molecule has 0 fully saturated rings. The molecule has 7 heteroatoms. The highest BCUT2D eigenvalue weighted by Gasteiger charge is 2.14. The van der Waals surface area contributed by atoms with Crippen molar-refractivity contribution in [2.75, 3.05) is 13.6 Å². The van der Waals surface area contributed by atoms with Gasteiger partial charge >= 0.3 is 6.03 Å². The van der Waals surface area contributed by atoms with Crippen LogP contribution in [0, 0.1) is 13.8 Å². The number of H-pyrrole nitrogens is 1. The molecule has 0 radical (unpaired) electrons. The summed E-state index contributed by atoms with van der Waals surface area (Å²) in [5.74, 6) is 0. The first-order chi connectivity index (χ1) is 10.5. The Balaban J connectivity index is 1.76. The summed E-state index contributed by atoms with van der Waals surface area (Å²) in [5.41, 5.74) is 4.90. The number of nitrogens with zero attached hydrogens (tertiary/aromatic N) is 3. The number of urea groups is 1. The van der Waals surface area contributed by atoms with E-state index in [2.05, 4.69) is 20.5 Å². The second kappa shape index (κ2) is 7.40. The summed E-state index contributed by atoms with van der Waals surface area (Å²) in [5, 5.41) is 10.1. The molecule has 0 aliphatic rings. The molecule has 2 amide bonds. The van der Waals surface area contributed by atoms with E-state index in [1.807, 2.05) is 39.4 Å². The fourth-order valence-corrected chi connectivity index (χ4v) is 2.97. The van der Waals surface area contributed by atoms with Crippen LogP contribution < -0.4 is 5.32 Å². The van der Waals surface area contributed by atoms with Crippen LogP contribution in [0.1, 0.15) is 28.9 Å². The molecule has 2 aromatic rings. The standard InChI is InChI=1S/C15H23N5OS/c1-10(7-13-8-11(2)18-19-13)17-15(21)20(4)6-5-14-12(3)16-9-22-14/h8-10H,5-7H2,1-4H3,(H,17,21)(H,18,19)/t10-/m1/s1. The van der Waals surface area contributed by atoms with E-state index in [-0.39, 0.29) is 12.1 Å². The van der Waals surface area contributed by atoms with Crippen LogP contribution in [0.15, 0.2) is 11.6 Å². The largest absolute Gasteiger partial charge is 0.335 e. The summed E-state index contributed by atoms with van der Waals surface area (Å²) in [7, 11) is 1.82. The molecule has 0 bridgehead atoms. The van der Waals surface area contributed by atoms with Crippen molar-refractivity contribution in [2.45, 2.75) is 39.7 Å². The Morgan fingerprint density at radius 1 is 1.50 bits per heavy atom. The molecule has 2 rings (SSSR count). The van der Waals surface area contributed by atoms with Crippen LogP contribution in [-0.4, -0.2) is 45.7 Å². The van der Waals surface area contributed by atoms with Gasteiger partial charge in [-0.25, -0.2) is 9.78 Å². The normalized spacial score (nSPS) is 12.2. The topological polar surface area (TPSA) is 73.9 Å². The van der Waals surface area contributed by atoms with Crippen LogP contribution in [0.25, 0.3) is 0 Å². The van der Waals surface area contributed by atoms with Crippen molar-refractivity contribution in [3.8, 4) is 0 Å². The Labute approximate surface area is 135 Å². The second-order valence-corrected chi connectivity index (χ2v) is 6.57. The van der Waals surface area contributed by atoms with Crippen LogP contribution >= 0.6 is 11.3 Å². The lowest BCUT2D eigenvalue weighted by Gasteiger charge is -2.20. The van der Waals surface area contributed by atoms with E-state index in [1.54, 1.807) is 16.2 Å². The zero-order valence-electron chi connectivity index (χ0n) is 13.5. The van der Waals surface area contributed by atoms with Crippen LogP contribution in [0.4, 0.5) is 4.79 Å². The number of amides is 2. The predicted octanol–water partition coefficient (Wildman–Crippen LogP) is 2.30. The third-order valence-corrected chi connectivity index (χ3v) is 4.50. The Morgan fingerprint density at radius 3 is 2.86 bits per heavy atom. The van der Waals surface area contributed by atoms with Gasteiger partial charge in [-0.15, -0.1) is 11.3 Å². The van der Waals surface area contributed by atoms with Gasteiger partial charge in [0.15, 0.2) is 0 Å². The molecule has 2 N–H and O–H groups in total. The summed E-state index contributed by atoms with van der Waals surface area (Å²) in [4.78, 5) is 19.3. The highest BCUT2D eigenvalue weighted by molar-refractivity contribution is 7.09. The lowest BCUT2D eigenvalue weighted by atomic mass is 10.2. The van der Waals surface area contributed by atoms with Crippen molar-refractivity contribution in [1.82, 2.24) is 25.4 Å². The summed E-state index contributed by atoms with van der Waals surface area (Å²) >= 11 is 1.64. The Hall–Kier alpha value is -1.89. The third kappa shape index (κ3) is 4.56. The van der Waals surface area contributed by atoms with E-state index in [0.29, 0.717) is 6.54 Å². The van der Waals surface area contributed by atoms with Gasteiger partial charge in [0.25, 0.3) is 0 Å². The average molecular weight is 321 g/mol. The summed E-state index contributed by atoms with van der Waals surface area (Å²) in [6.45, 7) is 6.64. The van der Waals surface area contributed by atoms with Gasteiger partial charge in [0.1, 0.15) is 0 Å². The van der Waals surface area contributed by atoms with Crippen LogP contribution in [0.5, 0.6) is 0 Å². The van der Waals surface area contributed by atoms with Crippen LogP contribution in [-0.2, 0) is 12.8 Å². The monoisotopic (exact) mass is 321 g/mol. The van der Waals surface area contributed by atoms with Gasteiger partial charge in [0.2, 0.25) is 0 Å². The summed E-state index contributed by atoms with van der Waals surface area (Å²) < 4.78 is 0. The number of carbonyl (C=O) groups excluding carboxylic acids is 1. The van der Waals surface area contributed by atoms with Crippen molar-refractivity contribution in [2.24, 2.45) is 0 Å². The number of aromatic amines is 1. The van der Waals surface area contributed by atoms with Gasteiger partial charge in [0.05, 0.1) is 16.9 Å². The molecule has 6 nitrogen and oxygen atoms in total. The number of nitrogens with one attached hydrogen (secondary N) is 2. The van der Waals surface area contributed by atoms with Crippen molar-refractivity contribution in [3.05, 3.63) is 33.5 Å². The van der Waals surface area contributed by atoms with E-state index in [1.165, 1.54) is 4.88 Å². The van der Waals surface area contributed by atoms with Crippen LogP contribution in [0.3, 0.4) is 0 Å². The lowest BCUT2D eigenvalue weighted by molar-refractivity contribution is 0.206. The molecule has 0 spiro atoms. The molecule has 0 aromatic carbocycles. The fraction of sp³-hybridized carbons (Fsp3) is 0.533. The molecule has 0 unspecified atom stereocenters. The maximum Gasteiger partial charge on any atom is 0.317 e. The molecule has 1 atom stereocenters. The number of carbonyl (C=O) groups is 1. The van der Waals surface area contributed by atoms with E-state index >= 15 is 0 Å². The molecule has 0 aliphatic carbocycles. The number of thiazole rings is 1. The van der Waals surface area contributed by atoms with Crippen molar-refractivity contribution >= 4 is 17.4 Å². The highest BCUT2D eigenvalue weighted by atomic mass is 32.1. The summed E-state index contributed by atoms with van der Waals surface area (Å²) in [6, 6.07) is 1.99. The minimum Gasteiger partial charge on any atom is -0.335 e. The Bertz CT molecular complexity index is 621. The van der Waals surface area contributed by atoms with Crippen molar-refractivity contribution < 1.29 is 4.79 Å². The third-order valence-electron chi connectivity index (χ3n) is 3.51. The van der Waals surface area contributed by atoms with Gasteiger partial charge in [-0.05, 0) is 26.8 Å². The molecular formula is C15H23N5OS. The second-order valence-electron chi connectivity index (χ2n) is 5.63. The number of hydrogen-bond acceptors (Lipinski definition) is 4. The first kappa shape index (κ1) is 16.5. The number of rotatable bonds is 6. The lowest BCUT2D eigenvalue weighted by Crippen LogP contribution is -2.43. The highest BCUT2D eigenvalue weighted by Crippen LogP contribution is 2.13. The number of likely N-dealkylation sites (N-methyl/N-ethyl adjacent to an activating group) is 1. The molecule has 0 saturated carbocycles. The van der Waals surface area contributed by atoms with E-state index in [0.717, 1.165) is 29.9 Å². The summed E-state index contributed by atoms with van der Waals surface area (Å²) in [6.07, 6.45) is 1.56. The molecular weight excluding hydrogens is 298 g/mol. The Kier molecular flexibility index (Phi) is 5.54. The number of aromatic nitrogens is 3. The number of hydrogen-bond donors (Lipinski definition) is 2. The Morgan fingerprint density at radius 2 is 2.27 bits per heavy atom. The van der Waals surface area contributed by atoms with Gasteiger partial charge in [0, 0.05) is 43.0 Å². The molecule has 0 saturated heterocycles. The maximum atomic E-state index is 12.2. The molecule has 2 heterocycles. The first-order valence-corrected chi connectivity index (χ1v) is 8.25. The minimum absolute atomic E-state index is 0.0443. The smallest absolute Gasteiger partial charge is 0.317 e. The SMILES string of the molecule is Cc1cc(C[C@@H](C)NC(=O)N(C)CCc2scnc2C)n[nH]1. The zero-order valence-corrected chi connectivity index (χ0v) is 14.3. The van der Waals surface area contributed by atoms with Crippen molar-refractivity contribution in [1.29, 1.82) is 0 Å². The fourth-order valence-electron chi connectivity index (χ4n) is 2.20. The first-order valence-electron chi connectivity index (χ1n) is 7.37. The number of aryl methyl sites for hydroxylation is 2. The molecule has 120 valence electrons. The average Bonchev–Trinajstić information content (AvgIpc) is 3.04. The van der Waals surface area contributed by atoms with E-state index in [4.69, 9.17) is 0 Å². The van der Waals surface area contributed by atoms with E-state index < -0.39 is 0 Å². The van der Waals surface area contributed by atoms with Gasteiger partial charge in [-0.1, -0.05) is 0 Å². The zero-order chi connectivity index (χ0) is 16.1. The van der Waals surface area contributed by atoms with E-state index in [9.17, 15) is 4.79 Å². The molecule has 22 heavy (non-hydrogen) atoms. The maximum absolute atomic E-state index is 12.2. The molecule has 0 aliphatic heterocycles.